The summed E-state index contributed by atoms with van der Waals surface area (Å²) in [6.07, 6.45) is 2.20. The third-order valence-electron chi connectivity index (χ3n) is 4.12. The smallest absolute Gasteiger partial charge is 0.407 e. The Bertz CT molecular complexity index is 583. The summed E-state index contributed by atoms with van der Waals surface area (Å²) in [4.78, 5) is 11.7. The lowest BCUT2D eigenvalue weighted by atomic mass is 10.1. The van der Waals surface area contributed by atoms with Gasteiger partial charge in [-0.15, -0.1) is 0 Å². The average molecular weight is 306 g/mol. The molecule has 3 rings (SSSR count). The molecular weight excluding hydrogens is 283 g/mol. The Morgan fingerprint density at radius 2 is 2.09 bits per heavy atom. The summed E-state index contributed by atoms with van der Waals surface area (Å²) in [5.41, 5.74) is 1.41. The zero-order chi connectivity index (χ0) is 15.9. The van der Waals surface area contributed by atoms with E-state index in [1.54, 1.807) is 6.07 Å². The van der Waals surface area contributed by atoms with Crippen molar-refractivity contribution in [3.63, 3.8) is 0 Å². The van der Waals surface area contributed by atoms with Gasteiger partial charge in [0.25, 0.3) is 0 Å². The number of halogens is 1. The Morgan fingerprint density at radius 3 is 2.82 bits per heavy atom. The zero-order valence-electron chi connectivity index (χ0n) is 13.3. The molecule has 0 aliphatic heterocycles. The number of ether oxygens (including phenoxy) is 1. The van der Waals surface area contributed by atoms with E-state index < -0.39 is 5.60 Å². The predicted molar refractivity (Wildman–Crippen MR) is 82.2 cm³/mol. The topological polar surface area (TPSA) is 50.4 Å². The molecule has 1 amide bonds. The summed E-state index contributed by atoms with van der Waals surface area (Å²) in [5, 5.41) is 6.39. The molecule has 0 aromatic heterocycles. The lowest BCUT2D eigenvalue weighted by Gasteiger charge is -2.20. The van der Waals surface area contributed by atoms with Crippen molar-refractivity contribution in [2.75, 3.05) is 0 Å². The van der Waals surface area contributed by atoms with Crippen LogP contribution in [0, 0.1) is 5.82 Å². The molecule has 4 nitrogen and oxygen atoms in total. The van der Waals surface area contributed by atoms with E-state index in [9.17, 15) is 9.18 Å². The highest BCUT2D eigenvalue weighted by Crippen LogP contribution is 2.35. The highest BCUT2D eigenvalue weighted by molar-refractivity contribution is 5.68. The third kappa shape index (κ3) is 3.40. The molecule has 1 aromatic rings. The van der Waals surface area contributed by atoms with Gasteiger partial charge in [0.2, 0.25) is 0 Å². The van der Waals surface area contributed by atoms with Gasteiger partial charge in [0.1, 0.15) is 11.4 Å². The van der Waals surface area contributed by atoms with E-state index in [2.05, 4.69) is 10.6 Å². The summed E-state index contributed by atoms with van der Waals surface area (Å²) in [6.45, 7) is 5.54. The number of amides is 1. The van der Waals surface area contributed by atoms with E-state index in [4.69, 9.17) is 4.74 Å². The summed E-state index contributed by atoms with van der Waals surface area (Å²) in [6, 6.07) is 5.80. The van der Waals surface area contributed by atoms with E-state index >= 15 is 0 Å². The van der Waals surface area contributed by atoms with Gasteiger partial charge in [-0.1, -0.05) is 12.1 Å². The van der Waals surface area contributed by atoms with E-state index in [1.807, 2.05) is 26.8 Å². The first kappa shape index (κ1) is 15.3. The van der Waals surface area contributed by atoms with Crippen LogP contribution in [0.25, 0.3) is 0 Å². The number of hydrogen-bond acceptors (Lipinski definition) is 3. The van der Waals surface area contributed by atoms with Crippen LogP contribution in [0.2, 0.25) is 0 Å². The summed E-state index contributed by atoms with van der Waals surface area (Å²) >= 11 is 0. The van der Waals surface area contributed by atoms with E-state index in [0.29, 0.717) is 0 Å². The monoisotopic (exact) mass is 306 g/mol. The van der Waals surface area contributed by atoms with Crippen molar-refractivity contribution in [3.8, 4) is 0 Å². The van der Waals surface area contributed by atoms with Gasteiger partial charge in [-0.05, 0) is 57.2 Å². The molecule has 2 N–H and O–H groups in total. The molecule has 5 heteroatoms. The molecule has 1 aromatic carbocycles. The van der Waals surface area contributed by atoms with Crippen molar-refractivity contribution in [2.45, 2.75) is 63.8 Å². The molecule has 0 bridgehead atoms. The number of nitrogens with one attached hydrogen (secondary N) is 2. The maximum Gasteiger partial charge on any atom is 0.407 e. The number of carbonyl (C=O) groups excluding carboxylic acids is 1. The lowest BCUT2D eigenvalue weighted by molar-refractivity contribution is 0.0522. The van der Waals surface area contributed by atoms with Crippen LogP contribution in [0.1, 0.15) is 50.8 Å². The van der Waals surface area contributed by atoms with Crippen LogP contribution in [0.4, 0.5) is 9.18 Å². The van der Waals surface area contributed by atoms with Crippen LogP contribution in [0.3, 0.4) is 0 Å². The molecule has 0 radical (unpaired) electrons. The second kappa shape index (κ2) is 5.54. The lowest BCUT2D eigenvalue weighted by Crippen LogP contribution is -2.37. The maximum atomic E-state index is 13.7. The number of alkyl carbamates (subject to hydrolysis) is 1. The van der Waals surface area contributed by atoms with Crippen LogP contribution >= 0.6 is 0 Å². The molecule has 2 aliphatic carbocycles. The Labute approximate surface area is 130 Å². The molecule has 0 heterocycles. The van der Waals surface area contributed by atoms with Crippen LogP contribution in [0.5, 0.6) is 0 Å². The molecule has 3 atom stereocenters. The highest BCUT2D eigenvalue weighted by Gasteiger charge is 2.41. The second-order valence-corrected chi connectivity index (χ2v) is 7.16. The largest absolute Gasteiger partial charge is 0.444 e. The second-order valence-electron chi connectivity index (χ2n) is 7.16. The fourth-order valence-electron chi connectivity index (χ4n) is 3.04. The standard InChI is InChI=1S/C17H23FN2O2/c1-17(2,3)22-16(21)20-15-9-14(15)19-13-8-7-10-11(13)5-4-6-12(10)18/h4-6,13-15,19H,7-9H2,1-3H3,(H,20,21). The van der Waals surface area contributed by atoms with Gasteiger partial charge < -0.3 is 15.4 Å². The molecule has 120 valence electrons. The van der Waals surface area contributed by atoms with E-state index in [-0.39, 0.29) is 30.0 Å². The minimum Gasteiger partial charge on any atom is -0.444 e. The van der Waals surface area contributed by atoms with Crippen LogP contribution in [0.15, 0.2) is 18.2 Å². The van der Waals surface area contributed by atoms with Gasteiger partial charge in [-0.3, -0.25) is 0 Å². The summed E-state index contributed by atoms with van der Waals surface area (Å²) in [5.74, 6) is -0.110. The minimum absolute atomic E-state index is 0.104. The number of carbonyl (C=O) groups is 1. The molecule has 1 fully saturated rings. The number of fused-ring (bicyclic) bond motifs is 1. The summed E-state index contributed by atoms with van der Waals surface area (Å²) < 4.78 is 19.0. The van der Waals surface area contributed by atoms with Gasteiger partial charge >= 0.3 is 6.09 Å². The van der Waals surface area contributed by atoms with Gasteiger partial charge in [-0.25, -0.2) is 9.18 Å². The van der Waals surface area contributed by atoms with Gasteiger partial charge in [0, 0.05) is 18.1 Å². The Kier molecular flexibility index (Phi) is 3.85. The van der Waals surface area contributed by atoms with Crippen molar-refractivity contribution in [3.05, 3.63) is 35.1 Å². The number of benzene rings is 1. The molecule has 22 heavy (non-hydrogen) atoms. The first-order chi connectivity index (χ1) is 10.3. The molecule has 0 spiro atoms. The fourth-order valence-corrected chi connectivity index (χ4v) is 3.04. The maximum absolute atomic E-state index is 13.7. The predicted octanol–water partition coefficient (Wildman–Crippen LogP) is 3.07. The van der Waals surface area contributed by atoms with E-state index in [1.165, 1.54) is 6.07 Å². The zero-order valence-corrected chi connectivity index (χ0v) is 13.3. The van der Waals surface area contributed by atoms with Crippen molar-refractivity contribution >= 4 is 6.09 Å². The number of hydrogen-bond donors (Lipinski definition) is 2. The molecular formula is C17H23FN2O2. The van der Waals surface area contributed by atoms with Gasteiger partial charge in [-0.2, -0.15) is 0 Å². The van der Waals surface area contributed by atoms with Crippen LogP contribution in [-0.4, -0.2) is 23.8 Å². The first-order valence-electron chi connectivity index (χ1n) is 7.86. The van der Waals surface area contributed by atoms with Gasteiger partial charge in [0.05, 0.1) is 0 Å². The Balaban J connectivity index is 1.51. The van der Waals surface area contributed by atoms with Crippen LogP contribution < -0.4 is 10.6 Å². The van der Waals surface area contributed by atoms with Crippen molar-refractivity contribution in [1.29, 1.82) is 0 Å². The normalized spacial score (nSPS) is 26.5. The first-order valence-corrected chi connectivity index (χ1v) is 7.86. The Morgan fingerprint density at radius 1 is 1.32 bits per heavy atom. The van der Waals surface area contributed by atoms with Crippen molar-refractivity contribution < 1.29 is 13.9 Å². The summed E-state index contributed by atoms with van der Waals surface area (Å²) in [7, 11) is 0. The average Bonchev–Trinajstić information content (AvgIpc) is 2.95. The third-order valence-corrected chi connectivity index (χ3v) is 4.12. The SMILES string of the molecule is CC(C)(C)OC(=O)NC1CC1NC1CCc2c(F)cccc21. The van der Waals surface area contributed by atoms with Gasteiger partial charge in [0.15, 0.2) is 0 Å². The quantitative estimate of drug-likeness (QED) is 0.902. The molecule has 2 aliphatic rings. The molecule has 3 unspecified atom stereocenters. The minimum atomic E-state index is -0.482. The number of rotatable bonds is 3. The molecule has 1 saturated carbocycles. The van der Waals surface area contributed by atoms with Crippen LogP contribution in [-0.2, 0) is 11.2 Å². The Hall–Kier alpha value is -1.62. The van der Waals surface area contributed by atoms with Crippen molar-refractivity contribution in [2.24, 2.45) is 0 Å². The highest BCUT2D eigenvalue weighted by atomic mass is 19.1. The van der Waals surface area contributed by atoms with Crippen molar-refractivity contribution in [1.82, 2.24) is 10.6 Å². The fraction of sp³-hybridized carbons (Fsp3) is 0.588. The van der Waals surface area contributed by atoms with E-state index in [0.717, 1.165) is 30.4 Å². The molecule has 0 saturated heterocycles.